The molecule has 1 aromatic heterocycles. The first-order chi connectivity index (χ1) is 14.5. The van der Waals surface area contributed by atoms with Crippen LogP contribution in [-0.2, 0) is 11.3 Å². The van der Waals surface area contributed by atoms with Gasteiger partial charge in [-0.2, -0.15) is 0 Å². The molecule has 0 bridgehead atoms. The molecule has 2 heterocycles. The first-order valence-electron chi connectivity index (χ1n) is 10.2. The molecule has 1 atom stereocenters. The summed E-state index contributed by atoms with van der Waals surface area (Å²) in [5, 5.41) is 0.945. The van der Waals surface area contributed by atoms with Crippen LogP contribution in [0.1, 0.15) is 34.3 Å². The van der Waals surface area contributed by atoms with Crippen molar-refractivity contribution in [3.8, 4) is 5.75 Å². The monoisotopic (exact) mass is 406 g/mol. The molecule has 0 radical (unpaired) electrons. The number of aryl methyl sites for hydroxylation is 1. The van der Waals surface area contributed by atoms with Gasteiger partial charge in [-0.3, -0.25) is 9.59 Å². The summed E-state index contributed by atoms with van der Waals surface area (Å²) in [6.45, 7) is 3.36. The molecule has 2 aromatic carbocycles. The molecule has 3 aromatic rings. The van der Waals surface area contributed by atoms with E-state index in [4.69, 9.17) is 9.47 Å². The minimum Gasteiger partial charge on any atom is -0.497 e. The summed E-state index contributed by atoms with van der Waals surface area (Å²) < 4.78 is 11.0. The van der Waals surface area contributed by atoms with Crippen molar-refractivity contribution < 1.29 is 14.3 Å². The van der Waals surface area contributed by atoms with Crippen molar-refractivity contribution in [3.05, 3.63) is 75.6 Å². The molecule has 6 heteroatoms. The van der Waals surface area contributed by atoms with Gasteiger partial charge in [-0.1, -0.05) is 18.2 Å². The van der Waals surface area contributed by atoms with E-state index in [0.717, 1.165) is 29.3 Å². The number of aromatic amines is 1. The first kappa shape index (κ1) is 20.2. The number of benzene rings is 2. The van der Waals surface area contributed by atoms with E-state index in [1.54, 1.807) is 36.3 Å². The average molecular weight is 406 g/mol. The van der Waals surface area contributed by atoms with Crippen LogP contribution in [0.25, 0.3) is 10.9 Å². The number of nitrogens with zero attached hydrogens (tertiary/aromatic N) is 1. The number of methoxy groups -OCH3 is 1. The van der Waals surface area contributed by atoms with E-state index in [1.165, 1.54) is 0 Å². The molecule has 1 fully saturated rings. The van der Waals surface area contributed by atoms with Gasteiger partial charge in [-0.05, 0) is 61.0 Å². The predicted molar refractivity (Wildman–Crippen MR) is 116 cm³/mol. The number of ether oxygens (including phenoxy) is 2. The van der Waals surface area contributed by atoms with Crippen LogP contribution in [0.4, 0.5) is 0 Å². The fourth-order valence-corrected chi connectivity index (χ4v) is 3.88. The zero-order chi connectivity index (χ0) is 21.1. The van der Waals surface area contributed by atoms with Crippen LogP contribution in [0.5, 0.6) is 5.75 Å². The lowest BCUT2D eigenvalue weighted by atomic mass is 10.1. The molecule has 156 valence electrons. The topological polar surface area (TPSA) is 71.6 Å². The number of amides is 1. The summed E-state index contributed by atoms with van der Waals surface area (Å²) >= 11 is 0. The Balaban J connectivity index is 1.66. The van der Waals surface area contributed by atoms with Crippen LogP contribution in [-0.4, -0.2) is 42.2 Å². The summed E-state index contributed by atoms with van der Waals surface area (Å²) in [4.78, 5) is 30.7. The minimum atomic E-state index is -0.177. The lowest BCUT2D eigenvalue weighted by Gasteiger charge is -2.25. The summed E-state index contributed by atoms with van der Waals surface area (Å²) in [5.74, 6) is 0.477. The third-order valence-corrected chi connectivity index (χ3v) is 5.49. The molecule has 30 heavy (non-hydrogen) atoms. The summed E-state index contributed by atoms with van der Waals surface area (Å²) in [7, 11) is 1.57. The van der Waals surface area contributed by atoms with Crippen LogP contribution in [0.2, 0.25) is 0 Å². The van der Waals surface area contributed by atoms with Crippen molar-refractivity contribution in [1.29, 1.82) is 0 Å². The van der Waals surface area contributed by atoms with Gasteiger partial charge in [0.2, 0.25) is 0 Å². The molecule has 0 saturated carbocycles. The molecule has 4 rings (SSSR count). The molecule has 0 aliphatic carbocycles. The molecule has 0 spiro atoms. The van der Waals surface area contributed by atoms with E-state index in [2.05, 4.69) is 4.98 Å². The molecule has 6 nitrogen and oxygen atoms in total. The number of carbonyl (C=O) groups excluding carboxylic acids is 1. The Morgan fingerprint density at radius 3 is 2.87 bits per heavy atom. The third kappa shape index (κ3) is 4.39. The second kappa shape index (κ2) is 8.71. The van der Waals surface area contributed by atoms with Gasteiger partial charge in [0.15, 0.2) is 0 Å². The Morgan fingerprint density at radius 1 is 1.23 bits per heavy atom. The second-order valence-electron chi connectivity index (χ2n) is 7.77. The minimum absolute atomic E-state index is 0.0123. The Bertz CT molecular complexity index is 1120. The fourth-order valence-electron chi connectivity index (χ4n) is 3.88. The zero-order valence-corrected chi connectivity index (χ0v) is 17.3. The quantitative estimate of drug-likeness (QED) is 0.678. The number of pyridine rings is 1. The maximum atomic E-state index is 13.3. The zero-order valence-electron chi connectivity index (χ0n) is 17.3. The molecule has 1 saturated heterocycles. The highest BCUT2D eigenvalue weighted by Gasteiger charge is 2.25. The second-order valence-corrected chi connectivity index (χ2v) is 7.77. The maximum absolute atomic E-state index is 13.3. The Labute approximate surface area is 175 Å². The van der Waals surface area contributed by atoms with E-state index >= 15 is 0 Å². The van der Waals surface area contributed by atoms with Gasteiger partial charge in [-0.25, -0.2) is 0 Å². The predicted octanol–water partition coefficient (Wildman–Crippen LogP) is 3.67. The van der Waals surface area contributed by atoms with Crippen molar-refractivity contribution >= 4 is 16.8 Å². The summed E-state index contributed by atoms with van der Waals surface area (Å²) in [6.07, 6.45) is 1.89. The number of hydrogen-bond donors (Lipinski definition) is 1. The fraction of sp³-hybridized carbons (Fsp3) is 0.333. The number of fused-ring (bicyclic) bond motifs is 1. The van der Waals surface area contributed by atoms with Crippen molar-refractivity contribution in [2.75, 3.05) is 20.3 Å². The largest absolute Gasteiger partial charge is 0.497 e. The standard InChI is InChI=1S/C24H26N2O4/c1-16-8-9-17-12-19(23(27)25-22(17)11-16)14-26(15-21-7-4-10-30-21)24(28)18-5-3-6-20(13-18)29-2/h3,5-6,8-9,11-13,21H,4,7,10,14-15H2,1-2H3,(H,25,27). The Morgan fingerprint density at radius 2 is 2.10 bits per heavy atom. The average Bonchev–Trinajstić information content (AvgIpc) is 3.26. The van der Waals surface area contributed by atoms with Crippen LogP contribution in [0.15, 0.2) is 53.3 Å². The number of carbonyl (C=O) groups is 1. The number of nitrogens with one attached hydrogen (secondary N) is 1. The van der Waals surface area contributed by atoms with Crippen LogP contribution in [0.3, 0.4) is 0 Å². The lowest BCUT2D eigenvalue weighted by molar-refractivity contribution is 0.0506. The van der Waals surface area contributed by atoms with Gasteiger partial charge in [-0.15, -0.1) is 0 Å². The van der Waals surface area contributed by atoms with Crippen LogP contribution in [0, 0.1) is 6.92 Å². The normalized spacial score (nSPS) is 16.0. The van der Waals surface area contributed by atoms with Crippen LogP contribution >= 0.6 is 0 Å². The smallest absolute Gasteiger partial charge is 0.254 e. The van der Waals surface area contributed by atoms with Gasteiger partial charge in [0.25, 0.3) is 11.5 Å². The van der Waals surface area contributed by atoms with E-state index < -0.39 is 0 Å². The molecular weight excluding hydrogens is 380 g/mol. The molecule has 1 aliphatic heterocycles. The summed E-state index contributed by atoms with van der Waals surface area (Å²) in [5.41, 5.74) is 2.79. The molecule has 1 unspecified atom stereocenters. The lowest BCUT2D eigenvalue weighted by Crippen LogP contribution is -2.38. The molecule has 1 amide bonds. The first-order valence-corrected chi connectivity index (χ1v) is 10.2. The van der Waals surface area contributed by atoms with Gasteiger partial charge < -0.3 is 19.4 Å². The number of H-pyrrole nitrogens is 1. The van der Waals surface area contributed by atoms with Crippen LogP contribution < -0.4 is 10.3 Å². The van der Waals surface area contributed by atoms with E-state index in [1.807, 2.05) is 31.2 Å². The van der Waals surface area contributed by atoms with Crippen molar-refractivity contribution in [1.82, 2.24) is 9.88 Å². The molecule has 1 aliphatic rings. The van der Waals surface area contributed by atoms with Crippen molar-refractivity contribution in [2.45, 2.75) is 32.4 Å². The number of hydrogen-bond acceptors (Lipinski definition) is 4. The highest BCUT2D eigenvalue weighted by Crippen LogP contribution is 2.20. The Hall–Kier alpha value is -3.12. The highest BCUT2D eigenvalue weighted by molar-refractivity contribution is 5.94. The maximum Gasteiger partial charge on any atom is 0.254 e. The number of rotatable bonds is 6. The third-order valence-electron chi connectivity index (χ3n) is 5.49. The van der Waals surface area contributed by atoms with Gasteiger partial charge in [0, 0.05) is 29.8 Å². The molecular formula is C24H26N2O4. The van der Waals surface area contributed by atoms with Gasteiger partial charge in [0.05, 0.1) is 19.8 Å². The van der Waals surface area contributed by atoms with Gasteiger partial charge in [0.1, 0.15) is 5.75 Å². The van der Waals surface area contributed by atoms with E-state index in [0.29, 0.717) is 30.0 Å². The SMILES string of the molecule is COc1cccc(C(=O)N(Cc2cc3ccc(C)cc3[nH]c2=O)CC2CCCO2)c1. The van der Waals surface area contributed by atoms with Crippen molar-refractivity contribution in [2.24, 2.45) is 0 Å². The molecule has 1 N–H and O–H groups in total. The van der Waals surface area contributed by atoms with E-state index in [9.17, 15) is 9.59 Å². The van der Waals surface area contributed by atoms with Gasteiger partial charge >= 0.3 is 0 Å². The number of aromatic nitrogens is 1. The Kier molecular flexibility index (Phi) is 5.86. The highest BCUT2D eigenvalue weighted by atomic mass is 16.5. The van der Waals surface area contributed by atoms with Crippen molar-refractivity contribution in [3.63, 3.8) is 0 Å². The summed E-state index contributed by atoms with van der Waals surface area (Å²) in [6, 6.07) is 14.9. The van der Waals surface area contributed by atoms with E-state index in [-0.39, 0.29) is 24.1 Å².